The summed E-state index contributed by atoms with van der Waals surface area (Å²) in [5, 5.41) is 3.46. The third kappa shape index (κ3) is 4.39. The van der Waals surface area contributed by atoms with Crippen LogP contribution in [0, 0.1) is 6.92 Å². The van der Waals surface area contributed by atoms with Gasteiger partial charge in [-0.3, -0.25) is 0 Å². The van der Waals surface area contributed by atoms with E-state index in [4.69, 9.17) is 0 Å². The van der Waals surface area contributed by atoms with Gasteiger partial charge >= 0.3 is 0 Å². The molecule has 0 aromatic heterocycles. The quantitative estimate of drug-likeness (QED) is 0.753. The van der Waals surface area contributed by atoms with Crippen LogP contribution in [0.15, 0.2) is 53.4 Å². The molecule has 2 rings (SSSR count). The molecular weight excluding hydrogens is 262 g/mol. The maximum atomic E-state index is 3.46. The number of thioether (sulfide) groups is 1. The van der Waals surface area contributed by atoms with E-state index in [9.17, 15) is 0 Å². The molecule has 0 amide bonds. The van der Waals surface area contributed by atoms with Crippen LogP contribution >= 0.6 is 11.8 Å². The molecule has 20 heavy (non-hydrogen) atoms. The minimum absolute atomic E-state index is 0.417. The summed E-state index contributed by atoms with van der Waals surface area (Å²) in [7, 11) is 0. The summed E-state index contributed by atoms with van der Waals surface area (Å²) >= 11 is 1.90. The van der Waals surface area contributed by atoms with E-state index in [0.29, 0.717) is 6.04 Å². The fourth-order valence-corrected chi connectivity index (χ4v) is 3.07. The van der Waals surface area contributed by atoms with Crippen LogP contribution < -0.4 is 5.32 Å². The molecule has 0 aliphatic rings. The lowest BCUT2D eigenvalue weighted by atomic mass is 10.1. The maximum absolute atomic E-state index is 3.46. The third-order valence-electron chi connectivity index (χ3n) is 3.39. The van der Waals surface area contributed by atoms with E-state index in [0.717, 1.165) is 12.3 Å². The predicted molar refractivity (Wildman–Crippen MR) is 89.3 cm³/mol. The highest BCUT2D eigenvalue weighted by Crippen LogP contribution is 2.25. The van der Waals surface area contributed by atoms with E-state index >= 15 is 0 Å². The number of aryl methyl sites for hydroxylation is 1. The summed E-state index contributed by atoms with van der Waals surface area (Å²) < 4.78 is 0. The Balaban J connectivity index is 1.99. The molecule has 0 fully saturated rings. The van der Waals surface area contributed by atoms with Crippen molar-refractivity contribution >= 4 is 11.8 Å². The first kappa shape index (κ1) is 15.1. The van der Waals surface area contributed by atoms with Crippen molar-refractivity contribution in [3.63, 3.8) is 0 Å². The van der Waals surface area contributed by atoms with Gasteiger partial charge in [0.25, 0.3) is 0 Å². The molecule has 0 saturated heterocycles. The van der Waals surface area contributed by atoms with Gasteiger partial charge in [-0.15, -0.1) is 11.8 Å². The molecule has 1 unspecified atom stereocenters. The van der Waals surface area contributed by atoms with E-state index in [1.165, 1.54) is 21.6 Å². The predicted octanol–water partition coefficient (Wildman–Crippen LogP) is 4.96. The molecule has 0 bridgehead atoms. The van der Waals surface area contributed by atoms with Crippen LogP contribution in [-0.4, -0.2) is 6.54 Å². The van der Waals surface area contributed by atoms with Gasteiger partial charge in [0.2, 0.25) is 0 Å². The van der Waals surface area contributed by atoms with Crippen molar-refractivity contribution in [2.75, 3.05) is 6.54 Å². The van der Waals surface area contributed by atoms with E-state index < -0.39 is 0 Å². The Morgan fingerprint density at radius 3 is 2.55 bits per heavy atom. The average molecular weight is 285 g/mol. The van der Waals surface area contributed by atoms with Crippen LogP contribution in [0.1, 0.15) is 36.6 Å². The van der Waals surface area contributed by atoms with Gasteiger partial charge < -0.3 is 5.32 Å². The Kier molecular flexibility index (Phi) is 5.69. The van der Waals surface area contributed by atoms with Gasteiger partial charge in [-0.05, 0) is 43.7 Å². The third-order valence-corrected chi connectivity index (χ3v) is 4.46. The molecule has 1 atom stereocenters. The number of hydrogen-bond acceptors (Lipinski definition) is 2. The van der Waals surface area contributed by atoms with E-state index in [1.54, 1.807) is 0 Å². The fourth-order valence-electron chi connectivity index (χ4n) is 2.15. The van der Waals surface area contributed by atoms with Crippen LogP contribution in [0.5, 0.6) is 0 Å². The van der Waals surface area contributed by atoms with Crippen LogP contribution in [-0.2, 0) is 5.75 Å². The second-order valence-corrected chi connectivity index (χ2v) is 6.17. The Morgan fingerprint density at radius 1 is 1.10 bits per heavy atom. The van der Waals surface area contributed by atoms with Crippen LogP contribution in [0.25, 0.3) is 0 Å². The second-order valence-electron chi connectivity index (χ2n) is 5.13. The van der Waals surface area contributed by atoms with Crippen molar-refractivity contribution in [2.45, 2.75) is 37.5 Å². The molecule has 106 valence electrons. The minimum atomic E-state index is 0.417. The number of rotatable bonds is 6. The van der Waals surface area contributed by atoms with E-state index in [-0.39, 0.29) is 0 Å². The molecule has 2 aromatic carbocycles. The molecular formula is C18H23NS. The van der Waals surface area contributed by atoms with Gasteiger partial charge in [-0.1, -0.05) is 48.9 Å². The van der Waals surface area contributed by atoms with Crippen molar-refractivity contribution in [3.8, 4) is 0 Å². The smallest absolute Gasteiger partial charge is 0.0292 e. The molecule has 0 saturated carbocycles. The second kappa shape index (κ2) is 7.51. The number of benzene rings is 2. The molecule has 2 aromatic rings. The average Bonchev–Trinajstić information content (AvgIpc) is 2.47. The molecule has 0 spiro atoms. The Morgan fingerprint density at radius 2 is 1.85 bits per heavy atom. The van der Waals surface area contributed by atoms with Gasteiger partial charge in [0, 0.05) is 16.7 Å². The molecule has 2 heteroatoms. The first-order valence-corrected chi connectivity index (χ1v) is 8.19. The minimum Gasteiger partial charge on any atom is -0.310 e. The molecule has 1 N–H and O–H groups in total. The molecule has 0 aliphatic carbocycles. The van der Waals surface area contributed by atoms with Gasteiger partial charge in [-0.25, -0.2) is 0 Å². The van der Waals surface area contributed by atoms with E-state index in [1.807, 2.05) is 11.8 Å². The van der Waals surface area contributed by atoms with Gasteiger partial charge in [0.05, 0.1) is 0 Å². The zero-order valence-corrected chi connectivity index (χ0v) is 13.3. The van der Waals surface area contributed by atoms with Crippen molar-refractivity contribution in [1.29, 1.82) is 0 Å². The summed E-state index contributed by atoms with van der Waals surface area (Å²) in [6.45, 7) is 7.49. The molecule has 1 nitrogen and oxygen atoms in total. The van der Waals surface area contributed by atoms with Gasteiger partial charge in [0.15, 0.2) is 0 Å². The Bertz CT molecular complexity index is 533. The molecule has 0 radical (unpaired) electrons. The standard InChI is InChI=1S/C18H23NS/c1-4-19-15(3)17-6-5-7-18(12-17)20-13-16-10-8-14(2)9-11-16/h5-12,15,19H,4,13H2,1-3H3. The fraction of sp³-hybridized carbons (Fsp3) is 0.333. The highest BCUT2D eigenvalue weighted by Gasteiger charge is 2.04. The summed E-state index contributed by atoms with van der Waals surface area (Å²) in [6.07, 6.45) is 0. The number of nitrogens with one attached hydrogen (secondary N) is 1. The highest BCUT2D eigenvalue weighted by molar-refractivity contribution is 7.98. The van der Waals surface area contributed by atoms with E-state index in [2.05, 4.69) is 74.6 Å². The maximum Gasteiger partial charge on any atom is 0.0292 e. The topological polar surface area (TPSA) is 12.0 Å². The zero-order valence-electron chi connectivity index (χ0n) is 12.5. The Labute approximate surface area is 126 Å². The summed E-state index contributed by atoms with van der Waals surface area (Å²) in [5.74, 6) is 1.03. The lowest BCUT2D eigenvalue weighted by Crippen LogP contribution is -2.17. The van der Waals surface area contributed by atoms with Crippen molar-refractivity contribution < 1.29 is 0 Å². The highest BCUT2D eigenvalue weighted by atomic mass is 32.2. The monoisotopic (exact) mass is 285 g/mol. The lowest BCUT2D eigenvalue weighted by Gasteiger charge is -2.13. The summed E-state index contributed by atoms with van der Waals surface area (Å²) in [4.78, 5) is 1.34. The first-order valence-electron chi connectivity index (χ1n) is 7.20. The summed E-state index contributed by atoms with van der Waals surface area (Å²) in [5.41, 5.74) is 4.06. The van der Waals surface area contributed by atoms with Crippen molar-refractivity contribution in [1.82, 2.24) is 5.32 Å². The molecule has 0 aliphatic heterocycles. The van der Waals surface area contributed by atoms with Gasteiger partial charge in [-0.2, -0.15) is 0 Å². The van der Waals surface area contributed by atoms with Crippen molar-refractivity contribution in [3.05, 3.63) is 65.2 Å². The SMILES string of the molecule is CCNC(C)c1cccc(SCc2ccc(C)cc2)c1. The summed E-state index contributed by atoms with van der Waals surface area (Å²) in [6, 6.07) is 18.1. The normalized spacial score (nSPS) is 12.3. The Hall–Kier alpha value is -1.25. The first-order chi connectivity index (χ1) is 9.69. The van der Waals surface area contributed by atoms with Gasteiger partial charge in [0.1, 0.15) is 0 Å². The lowest BCUT2D eigenvalue weighted by molar-refractivity contribution is 0.597. The van der Waals surface area contributed by atoms with Crippen LogP contribution in [0.2, 0.25) is 0 Å². The molecule has 0 heterocycles. The van der Waals surface area contributed by atoms with Crippen molar-refractivity contribution in [2.24, 2.45) is 0 Å². The van der Waals surface area contributed by atoms with Crippen LogP contribution in [0.4, 0.5) is 0 Å². The van der Waals surface area contributed by atoms with Crippen LogP contribution in [0.3, 0.4) is 0 Å². The largest absolute Gasteiger partial charge is 0.310 e. The zero-order chi connectivity index (χ0) is 14.4. The number of hydrogen-bond donors (Lipinski definition) is 1.